The molecule has 0 atom stereocenters. The number of amides is 3. The second-order valence-electron chi connectivity index (χ2n) is 9.89. The number of imide groups is 1. The number of aromatic nitrogens is 1. The number of ether oxygens (including phenoxy) is 1. The molecule has 0 unspecified atom stereocenters. The first-order chi connectivity index (χ1) is 19.2. The Labute approximate surface area is 247 Å². The number of nitrogens with zero attached hydrogens (tertiary/aromatic N) is 3. The minimum atomic E-state index is -0.424. The maximum Gasteiger partial charge on any atom is 0.294 e. The molecule has 0 saturated carbocycles. The fraction of sp³-hybridized carbons (Fsp3) is 0.300. The quantitative estimate of drug-likeness (QED) is 0.273. The highest BCUT2D eigenvalue weighted by molar-refractivity contribution is 8.18. The molecule has 208 valence electrons. The van der Waals surface area contributed by atoms with Crippen LogP contribution in [0.2, 0.25) is 10.0 Å². The largest absolute Gasteiger partial charge is 0.489 e. The molecule has 3 aromatic rings. The Morgan fingerprint density at radius 3 is 2.42 bits per heavy atom. The van der Waals surface area contributed by atoms with Crippen LogP contribution in [-0.4, -0.2) is 51.1 Å². The third-order valence-corrected chi connectivity index (χ3v) is 8.63. The van der Waals surface area contributed by atoms with E-state index in [2.05, 4.69) is 4.57 Å². The van der Waals surface area contributed by atoms with Crippen molar-refractivity contribution >= 4 is 58.1 Å². The lowest BCUT2D eigenvalue weighted by atomic mass is 10.1. The van der Waals surface area contributed by atoms with Gasteiger partial charge >= 0.3 is 0 Å². The van der Waals surface area contributed by atoms with Crippen LogP contribution in [0.25, 0.3) is 11.8 Å². The molecular formula is C30H29Cl2N3O4S. The Balaban J connectivity index is 1.28. The van der Waals surface area contributed by atoms with Gasteiger partial charge in [0.2, 0.25) is 5.91 Å². The highest BCUT2D eigenvalue weighted by atomic mass is 35.5. The fourth-order valence-electron chi connectivity index (χ4n) is 4.98. The molecule has 0 N–H and O–H groups in total. The van der Waals surface area contributed by atoms with Crippen molar-refractivity contribution in [3.8, 4) is 11.4 Å². The van der Waals surface area contributed by atoms with Gasteiger partial charge in [-0.1, -0.05) is 29.3 Å². The molecule has 1 aromatic heterocycles. The summed E-state index contributed by atoms with van der Waals surface area (Å²) in [5, 5.41) is 0.723. The van der Waals surface area contributed by atoms with Crippen LogP contribution < -0.4 is 4.74 Å². The van der Waals surface area contributed by atoms with E-state index in [0.29, 0.717) is 40.4 Å². The van der Waals surface area contributed by atoms with E-state index >= 15 is 0 Å². The molecule has 3 amide bonds. The van der Waals surface area contributed by atoms with Crippen molar-refractivity contribution in [1.82, 2.24) is 14.4 Å². The van der Waals surface area contributed by atoms with E-state index in [4.69, 9.17) is 27.9 Å². The molecule has 7 nitrogen and oxygen atoms in total. The average molecular weight is 599 g/mol. The summed E-state index contributed by atoms with van der Waals surface area (Å²) < 4.78 is 7.99. The predicted molar refractivity (Wildman–Crippen MR) is 159 cm³/mol. The summed E-state index contributed by atoms with van der Waals surface area (Å²) in [5.41, 5.74) is 4.52. The van der Waals surface area contributed by atoms with Crippen LogP contribution in [-0.2, 0) is 16.2 Å². The predicted octanol–water partition coefficient (Wildman–Crippen LogP) is 7.03. The zero-order valence-electron chi connectivity index (χ0n) is 22.3. The highest BCUT2D eigenvalue weighted by Crippen LogP contribution is 2.34. The van der Waals surface area contributed by atoms with E-state index in [-0.39, 0.29) is 12.5 Å². The molecule has 2 aliphatic heterocycles. The SMILES string of the molecule is Cc1cc(/C=C2\SC(=O)N(CC(=O)N3CCCCC3)C2=O)c(C)n1-c1ccc(OCc2ccc(Cl)cc2Cl)cc1. The lowest BCUT2D eigenvalue weighted by molar-refractivity contribution is -0.136. The number of halogens is 2. The van der Waals surface area contributed by atoms with Crippen molar-refractivity contribution in [2.24, 2.45) is 0 Å². The molecular weight excluding hydrogens is 569 g/mol. The van der Waals surface area contributed by atoms with Crippen LogP contribution in [0.4, 0.5) is 4.79 Å². The third kappa shape index (κ3) is 6.09. The van der Waals surface area contributed by atoms with Gasteiger partial charge in [-0.05, 0) is 99.0 Å². The van der Waals surface area contributed by atoms with Gasteiger partial charge in [-0.2, -0.15) is 0 Å². The van der Waals surface area contributed by atoms with E-state index in [1.54, 1.807) is 23.1 Å². The number of likely N-dealkylation sites (tertiary alicyclic amines) is 1. The van der Waals surface area contributed by atoms with Crippen molar-refractivity contribution in [2.45, 2.75) is 39.7 Å². The summed E-state index contributed by atoms with van der Waals surface area (Å²) >= 11 is 13.1. The van der Waals surface area contributed by atoms with Crippen LogP contribution in [0, 0.1) is 13.8 Å². The summed E-state index contributed by atoms with van der Waals surface area (Å²) in [4.78, 5) is 41.5. The Morgan fingerprint density at radius 2 is 1.73 bits per heavy atom. The second-order valence-corrected chi connectivity index (χ2v) is 11.7. The van der Waals surface area contributed by atoms with Crippen molar-refractivity contribution in [1.29, 1.82) is 0 Å². The highest BCUT2D eigenvalue weighted by Gasteiger charge is 2.37. The van der Waals surface area contributed by atoms with Gasteiger partial charge in [0.1, 0.15) is 18.9 Å². The summed E-state index contributed by atoms with van der Waals surface area (Å²) in [6.07, 6.45) is 4.75. The van der Waals surface area contributed by atoms with Crippen LogP contribution in [0.1, 0.15) is 41.8 Å². The van der Waals surface area contributed by atoms with E-state index in [0.717, 1.165) is 64.1 Å². The van der Waals surface area contributed by atoms with Gasteiger partial charge in [0.05, 0.1) is 4.91 Å². The Kier molecular flexibility index (Phi) is 8.59. The molecule has 0 spiro atoms. The monoisotopic (exact) mass is 597 g/mol. The minimum Gasteiger partial charge on any atom is -0.489 e. The van der Waals surface area contributed by atoms with Crippen molar-refractivity contribution in [3.63, 3.8) is 0 Å². The third-order valence-electron chi connectivity index (χ3n) is 7.14. The van der Waals surface area contributed by atoms with Crippen LogP contribution in [0.15, 0.2) is 53.4 Å². The molecule has 0 bridgehead atoms. The molecule has 2 aliphatic rings. The Hall–Kier alpha value is -3.20. The first kappa shape index (κ1) is 28.3. The smallest absolute Gasteiger partial charge is 0.294 e. The molecule has 3 heterocycles. The molecule has 10 heteroatoms. The minimum absolute atomic E-state index is 0.176. The Morgan fingerprint density at radius 1 is 1.00 bits per heavy atom. The number of piperidine rings is 1. The van der Waals surface area contributed by atoms with Crippen molar-refractivity contribution in [3.05, 3.63) is 86.0 Å². The second kappa shape index (κ2) is 12.1. The maximum absolute atomic E-state index is 13.1. The number of carbonyl (C=O) groups is 3. The zero-order chi connectivity index (χ0) is 28.4. The molecule has 40 heavy (non-hydrogen) atoms. The molecule has 2 fully saturated rings. The van der Waals surface area contributed by atoms with E-state index in [9.17, 15) is 14.4 Å². The van der Waals surface area contributed by atoms with Gasteiger partial charge in [0, 0.05) is 45.8 Å². The lowest BCUT2D eigenvalue weighted by Gasteiger charge is -2.27. The van der Waals surface area contributed by atoms with Crippen LogP contribution >= 0.6 is 35.0 Å². The van der Waals surface area contributed by atoms with Crippen molar-refractivity contribution in [2.75, 3.05) is 19.6 Å². The van der Waals surface area contributed by atoms with E-state index < -0.39 is 11.1 Å². The molecule has 5 rings (SSSR count). The first-order valence-electron chi connectivity index (χ1n) is 13.1. The number of hydrogen-bond acceptors (Lipinski definition) is 5. The summed E-state index contributed by atoms with van der Waals surface area (Å²) in [6.45, 7) is 5.43. The van der Waals surface area contributed by atoms with Gasteiger partial charge < -0.3 is 14.2 Å². The number of aryl methyl sites for hydroxylation is 1. The standard InChI is InChI=1S/C30H29Cl2N3O4S/c1-19-14-22(15-27-29(37)34(30(38)40-27)17-28(36)33-12-4-3-5-13-33)20(2)35(19)24-8-10-25(11-9-24)39-18-21-6-7-23(31)16-26(21)32/h6-11,14-16H,3-5,12-13,17-18H2,1-2H3/b27-15-. The molecule has 0 radical (unpaired) electrons. The molecule has 2 saturated heterocycles. The molecule has 2 aromatic carbocycles. The normalized spacial score (nSPS) is 16.8. The van der Waals surface area contributed by atoms with Gasteiger partial charge in [0.25, 0.3) is 11.1 Å². The average Bonchev–Trinajstić information content (AvgIpc) is 3.37. The van der Waals surface area contributed by atoms with E-state index in [1.807, 2.05) is 50.2 Å². The van der Waals surface area contributed by atoms with Gasteiger partial charge in [-0.15, -0.1) is 0 Å². The number of carbonyl (C=O) groups excluding carboxylic acids is 3. The lowest BCUT2D eigenvalue weighted by Crippen LogP contribution is -2.44. The van der Waals surface area contributed by atoms with Gasteiger partial charge in [-0.25, -0.2) is 0 Å². The Bertz CT molecular complexity index is 1490. The topological polar surface area (TPSA) is 71.9 Å². The summed E-state index contributed by atoms with van der Waals surface area (Å²) in [5.74, 6) is 0.0998. The van der Waals surface area contributed by atoms with Gasteiger partial charge in [0.15, 0.2) is 0 Å². The fourth-order valence-corrected chi connectivity index (χ4v) is 6.27. The molecule has 0 aliphatic carbocycles. The number of hydrogen-bond donors (Lipinski definition) is 0. The maximum atomic E-state index is 13.1. The van der Waals surface area contributed by atoms with Crippen LogP contribution in [0.3, 0.4) is 0 Å². The first-order valence-corrected chi connectivity index (χ1v) is 14.7. The summed E-state index contributed by atoms with van der Waals surface area (Å²) in [7, 11) is 0. The summed E-state index contributed by atoms with van der Waals surface area (Å²) in [6, 6.07) is 15.0. The number of rotatable bonds is 7. The number of benzene rings is 2. The zero-order valence-corrected chi connectivity index (χ0v) is 24.6. The number of thioether (sulfide) groups is 1. The van der Waals surface area contributed by atoms with Crippen LogP contribution in [0.5, 0.6) is 5.75 Å². The van der Waals surface area contributed by atoms with Gasteiger partial charge in [-0.3, -0.25) is 19.3 Å². The van der Waals surface area contributed by atoms with Crippen molar-refractivity contribution < 1.29 is 19.1 Å². The van der Waals surface area contributed by atoms with E-state index in [1.165, 1.54) is 0 Å².